The molecule has 1 fully saturated rings. The lowest BCUT2D eigenvalue weighted by atomic mass is 10.3. The molecule has 0 saturated carbocycles. The topological polar surface area (TPSA) is 40.4 Å². The first-order chi connectivity index (χ1) is 7.38. The van der Waals surface area contributed by atoms with Crippen molar-refractivity contribution in [1.29, 1.82) is 0 Å². The van der Waals surface area contributed by atoms with Crippen molar-refractivity contribution >= 4 is 0 Å². The molecule has 4 heteroatoms. The van der Waals surface area contributed by atoms with Gasteiger partial charge in [0.2, 0.25) is 0 Å². The van der Waals surface area contributed by atoms with Gasteiger partial charge in [-0.05, 0) is 19.2 Å². The van der Waals surface area contributed by atoms with Crippen molar-refractivity contribution in [2.45, 2.75) is 13.1 Å². The predicted molar refractivity (Wildman–Crippen MR) is 59.6 cm³/mol. The molecular formula is C11H19N3O. The van der Waals surface area contributed by atoms with Crippen LogP contribution in [0.1, 0.15) is 11.5 Å². The Balaban J connectivity index is 1.86. The predicted octanol–water partition coefficient (Wildman–Crippen LogP) is 0.404. The van der Waals surface area contributed by atoms with E-state index in [4.69, 9.17) is 4.42 Å². The number of hydrogen-bond acceptors (Lipinski definition) is 4. The lowest BCUT2D eigenvalue weighted by Gasteiger charge is -2.26. The lowest BCUT2D eigenvalue weighted by Crippen LogP contribution is -2.42. The first-order valence-electron chi connectivity index (χ1n) is 5.54. The van der Waals surface area contributed by atoms with Gasteiger partial charge in [-0.3, -0.25) is 4.90 Å². The third-order valence-electron chi connectivity index (χ3n) is 2.66. The molecule has 1 saturated heterocycles. The maximum Gasteiger partial charge on any atom is 0.118 e. The summed E-state index contributed by atoms with van der Waals surface area (Å²) in [7, 11) is 1.93. The summed E-state index contributed by atoms with van der Waals surface area (Å²) in [5, 5.41) is 6.43. The summed E-state index contributed by atoms with van der Waals surface area (Å²) in [6.45, 7) is 6.14. The van der Waals surface area contributed by atoms with E-state index in [9.17, 15) is 0 Å². The van der Waals surface area contributed by atoms with E-state index in [1.54, 1.807) is 0 Å². The van der Waals surface area contributed by atoms with Crippen molar-refractivity contribution in [3.05, 3.63) is 23.7 Å². The van der Waals surface area contributed by atoms with Gasteiger partial charge in [-0.2, -0.15) is 0 Å². The Hall–Kier alpha value is -0.840. The molecule has 0 aliphatic carbocycles. The third kappa shape index (κ3) is 3.06. The molecule has 4 nitrogen and oxygen atoms in total. The highest BCUT2D eigenvalue weighted by Crippen LogP contribution is 2.10. The van der Waals surface area contributed by atoms with Gasteiger partial charge in [0.15, 0.2) is 0 Å². The minimum absolute atomic E-state index is 0.807. The van der Waals surface area contributed by atoms with Crippen LogP contribution < -0.4 is 10.6 Å². The molecule has 0 aromatic carbocycles. The quantitative estimate of drug-likeness (QED) is 0.753. The van der Waals surface area contributed by atoms with E-state index in [0.29, 0.717) is 0 Å². The Morgan fingerprint density at radius 1 is 1.33 bits per heavy atom. The summed E-state index contributed by atoms with van der Waals surface area (Å²) < 4.78 is 5.70. The van der Waals surface area contributed by atoms with Gasteiger partial charge in [0.05, 0.1) is 13.1 Å². The molecule has 1 aliphatic heterocycles. The summed E-state index contributed by atoms with van der Waals surface area (Å²) >= 11 is 0. The molecule has 0 spiro atoms. The van der Waals surface area contributed by atoms with Gasteiger partial charge in [-0.25, -0.2) is 0 Å². The van der Waals surface area contributed by atoms with Crippen molar-refractivity contribution in [3.8, 4) is 0 Å². The lowest BCUT2D eigenvalue weighted by molar-refractivity contribution is 0.214. The summed E-state index contributed by atoms with van der Waals surface area (Å²) in [4.78, 5) is 2.42. The minimum atomic E-state index is 0.807. The van der Waals surface area contributed by atoms with Crippen molar-refractivity contribution in [3.63, 3.8) is 0 Å². The summed E-state index contributed by atoms with van der Waals surface area (Å²) in [5.74, 6) is 2.09. The first-order valence-corrected chi connectivity index (χ1v) is 5.54. The van der Waals surface area contributed by atoms with Crippen molar-refractivity contribution in [2.24, 2.45) is 0 Å². The molecule has 1 aliphatic rings. The highest BCUT2D eigenvalue weighted by molar-refractivity contribution is 5.07. The maximum absolute atomic E-state index is 5.70. The number of piperazine rings is 1. The van der Waals surface area contributed by atoms with E-state index in [2.05, 4.69) is 21.6 Å². The fourth-order valence-corrected chi connectivity index (χ4v) is 1.87. The highest BCUT2D eigenvalue weighted by Gasteiger charge is 2.11. The molecular weight excluding hydrogens is 190 g/mol. The van der Waals surface area contributed by atoms with Crippen LogP contribution in [0.15, 0.2) is 16.5 Å². The van der Waals surface area contributed by atoms with E-state index >= 15 is 0 Å². The van der Waals surface area contributed by atoms with E-state index in [1.807, 2.05) is 13.1 Å². The molecule has 0 atom stereocenters. The van der Waals surface area contributed by atoms with Gasteiger partial charge in [-0.15, -0.1) is 0 Å². The van der Waals surface area contributed by atoms with E-state index < -0.39 is 0 Å². The van der Waals surface area contributed by atoms with Crippen LogP contribution in [-0.4, -0.2) is 38.1 Å². The fraction of sp³-hybridized carbons (Fsp3) is 0.636. The maximum atomic E-state index is 5.70. The Kier molecular flexibility index (Phi) is 3.77. The van der Waals surface area contributed by atoms with E-state index in [-0.39, 0.29) is 0 Å². The van der Waals surface area contributed by atoms with Crippen molar-refractivity contribution in [1.82, 2.24) is 15.5 Å². The summed E-state index contributed by atoms with van der Waals surface area (Å²) in [5.41, 5.74) is 0. The van der Waals surface area contributed by atoms with Crippen LogP contribution in [0.4, 0.5) is 0 Å². The molecule has 0 unspecified atom stereocenters. The summed E-state index contributed by atoms with van der Waals surface area (Å²) in [6, 6.07) is 4.13. The Labute approximate surface area is 90.6 Å². The largest absolute Gasteiger partial charge is 0.463 e. The number of rotatable bonds is 4. The van der Waals surface area contributed by atoms with Gasteiger partial charge in [0.1, 0.15) is 11.5 Å². The van der Waals surface area contributed by atoms with Crippen LogP contribution in [0.3, 0.4) is 0 Å². The first kappa shape index (κ1) is 10.7. The number of nitrogens with zero attached hydrogens (tertiary/aromatic N) is 1. The van der Waals surface area contributed by atoms with Crippen LogP contribution in [0, 0.1) is 0 Å². The van der Waals surface area contributed by atoms with Gasteiger partial charge in [0, 0.05) is 26.2 Å². The minimum Gasteiger partial charge on any atom is -0.463 e. The molecule has 0 radical (unpaired) electrons. The SMILES string of the molecule is CNCc1ccc(CN2CCNCC2)o1. The fourth-order valence-electron chi connectivity index (χ4n) is 1.87. The Bertz CT molecular complexity index is 292. The van der Waals surface area contributed by atoms with Gasteiger partial charge >= 0.3 is 0 Å². The monoisotopic (exact) mass is 209 g/mol. The summed E-state index contributed by atoms with van der Waals surface area (Å²) in [6.07, 6.45) is 0. The number of nitrogens with one attached hydrogen (secondary N) is 2. The van der Waals surface area contributed by atoms with Gasteiger partial charge < -0.3 is 15.1 Å². The second kappa shape index (κ2) is 5.30. The van der Waals surface area contributed by atoms with Crippen LogP contribution in [0.5, 0.6) is 0 Å². The number of hydrogen-bond donors (Lipinski definition) is 2. The average molecular weight is 209 g/mol. The standard InChI is InChI=1S/C11H19N3O/c1-12-8-10-2-3-11(15-10)9-14-6-4-13-5-7-14/h2-3,12-13H,4-9H2,1H3. The van der Waals surface area contributed by atoms with Gasteiger partial charge in [0.25, 0.3) is 0 Å². The van der Waals surface area contributed by atoms with Crippen LogP contribution in [0.2, 0.25) is 0 Å². The third-order valence-corrected chi connectivity index (χ3v) is 2.66. The normalized spacial score (nSPS) is 18.2. The van der Waals surface area contributed by atoms with E-state index in [0.717, 1.165) is 50.8 Å². The molecule has 2 N–H and O–H groups in total. The Morgan fingerprint density at radius 3 is 2.80 bits per heavy atom. The zero-order chi connectivity index (χ0) is 10.5. The molecule has 2 heterocycles. The molecule has 0 amide bonds. The zero-order valence-electron chi connectivity index (χ0n) is 9.25. The molecule has 0 bridgehead atoms. The van der Waals surface area contributed by atoms with Crippen LogP contribution >= 0.6 is 0 Å². The molecule has 1 aromatic rings. The van der Waals surface area contributed by atoms with Crippen LogP contribution in [0.25, 0.3) is 0 Å². The number of furan rings is 1. The van der Waals surface area contributed by atoms with Gasteiger partial charge in [-0.1, -0.05) is 0 Å². The van der Waals surface area contributed by atoms with Crippen LogP contribution in [-0.2, 0) is 13.1 Å². The van der Waals surface area contributed by atoms with Crippen molar-refractivity contribution in [2.75, 3.05) is 33.2 Å². The molecule has 84 valence electrons. The zero-order valence-corrected chi connectivity index (χ0v) is 9.25. The second-order valence-electron chi connectivity index (χ2n) is 3.92. The Morgan fingerprint density at radius 2 is 2.07 bits per heavy atom. The average Bonchev–Trinajstić information content (AvgIpc) is 2.68. The highest BCUT2D eigenvalue weighted by atomic mass is 16.3. The second-order valence-corrected chi connectivity index (χ2v) is 3.92. The smallest absolute Gasteiger partial charge is 0.118 e. The van der Waals surface area contributed by atoms with E-state index in [1.165, 1.54) is 0 Å². The molecule has 1 aromatic heterocycles. The molecule has 15 heavy (non-hydrogen) atoms. The van der Waals surface area contributed by atoms with Crippen molar-refractivity contribution < 1.29 is 4.42 Å². The molecule has 2 rings (SSSR count).